The molecule has 5 nitrogen and oxygen atoms in total. The fourth-order valence-electron chi connectivity index (χ4n) is 2.91. The second kappa shape index (κ2) is 5.56. The van der Waals surface area contributed by atoms with Gasteiger partial charge in [-0.3, -0.25) is 4.79 Å². The molecule has 0 spiro atoms. The fraction of sp³-hybridized carbons (Fsp3) is 0.500. The molecule has 1 aromatic heterocycles. The Morgan fingerprint density at radius 1 is 1.43 bits per heavy atom. The molecule has 2 aromatic rings. The number of alkyl halides is 2. The van der Waals surface area contributed by atoms with Crippen LogP contribution in [0.4, 0.5) is 8.78 Å². The normalized spacial score (nSPS) is 17.0. The molecule has 2 N–H and O–H groups in total. The van der Waals surface area contributed by atoms with Gasteiger partial charge in [0, 0.05) is 13.1 Å². The van der Waals surface area contributed by atoms with Gasteiger partial charge in [0.15, 0.2) is 0 Å². The van der Waals surface area contributed by atoms with E-state index in [0.29, 0.717) is 13.0 Å². The summed E-state index contributed by atoms with van der Waals surface area (Å²) in [6.45, 7) is 2.21. The molecule has 1 aliphatic rings. The van der Waals surface area contributed by atoms with E-state index in [0.717, 1.165) is 16.9 Å². The van der Waals surface area contributed by atoms with Crippen LogP contribution in [0.5, 0.6) is 0 Å². The van der Waals surface area contributed by atoms with E-state index in [1.54, 1.807) is 0 Å². The molecule has 7 heteroatoms. The molecular weight excluding hydrogens is 304 g/mol. The Kier molecular flexibility index (Phi) is 3.83. The molecule has 1 amide bonds. The summed E-state index contributed by atoms with van der Waals surface area (Å²) in [5.74, 6) is -4.41. The molecule has 0 atom stereocenters. The predicted molar refractivity (Wildman–Crippen MR) is 81.2 cm³/mol. The van der Waals surface area contributed by atoms with Crippen molar-refractivity contribution in [1.29, 1.82) is 0 Å². The Balaban J connectivity index is 1.65. The number of carbonyl (C=O) groups excluding carboxylic acids is 1. The predicted octanol–water partition coefficient (Wildman–Crippen LogP) is 2.01. The van der Waals surface area contributed by atoms with E-state index in [2.05, 4.69) is 10.3 Å². The molecule has 0 bridgehead atoms. The number of para-hydroxylation sites is 2. The van der Waals surface area contributed by atoms with Crippen LogP contribution in [0.1, 0.15) is 25.1 Å². The number of aliphatic hydroxyl groups is 1. The van der Waals surface area contributed by atoms with Crippen LogP contribution in [-0.2, 0) is 11.3 Å². The highest BCUT2D eigenvalue weighted by Gasteiger charge is 2.60. The molecule has 0 saturated heterocycles. The van der Waals surface area contributed by atoms with Crippen molar-refractivity contribution in [2.75, 3.05) is 6.54 Å². The van der Waals surface area contributed by atoms with Gasteiger partial charge in [0.05, 0.1) is 11.0 Å². The van der Waals surface area contributed by atoms with E-state index in [1.807, 2.05) is 35.8 Å². The van der Waals surface area contributed by atoms with Gasteiger partial charge in [-0.15, -0.1) is 0 Å². The van der Waals surface area contributed by atoms with Crippen LogP contribution in [0.25, 0.3) is 11.0 Å². The van der Waals surface area contributed by atoms with Crippen molar-refractivity contribution in [3.05, 3.63) is 30.1 Å². The molecular formula is C16H19F2N3O2. The van der Waals surface area contributed by atoms with E-state index < -0.39 is 17.4 Å². The summed E-state index contributed by atoms with van der Waals surface area (Å²) in [6.07, 6.45) is 0.428. The van der Waals surface area contributed by atoms with E-state index in [1.165, 1.54) is 0 Å². The number of halogens is 2. The van der Waals surface area contributed by atoms with Crippen molar-refractivity contribution in [1.82, 2.24) is 14.9 Å². The van der Waals surface area contributed by atoms with Gasteiger partial charge in [-0.05, 0) is 38.3 Å². The maximum absolute atomic E-state index is 14.0. The van der Waals surface area contributed by atoms with Gasteiger partial charge < -0.3 is 15.0 Å². The van der Waals surface area contributed by atoms with Gasteiger partial charge in [-0.2, -0.15) is 8.78 Å². The van der Waals surface area contributed by atoms with E-state index in [-0.39, 0.29) is 19.4 Å². The Labute approximate surface area is 132 Å². The standard InChI is InChI=1S/C16H19F2N3O2/c1-11-20-12-5-2-3-6-13(12)21(11)10-9-19-14(22)16(17,18)15(23)7-4-8-15/h2-3,5-6,23H,4,7-10H2,1H3,(H,19,22). The number of fused-ring (bicyclic) bond motifs is 1. The maximum atomic E-state index is 14.0. The van der Waals surface area contributed by atoms with Gasteiger partial charge in [-0.25, -0.2) is 4.98 Å². The highest BCUT2D eigenvalue weighted by Crippen LogP contribution is 2.44. The third kappa shape index (κ3) is 2.59. The number of hydrogen-bond donors (Lipinski definition) is 2. The van der Waals surface area contributed by atoms with Crippen LogP contribution < -0.4 is 5.32 Å². The number of aromatic nitrogens is 2. The number of nitrogens with zero attached hydrogens (tertiary/aromatic N) is 2. The first-order valence-electron chi connectivity index (χ1n) is 7.65. The SMILES string of the molecule is Cc1nc2ccccc2n1CCNC(=O)C(F)(F)C1(O)CCC1. The molecule has 0 unspecified atom stereocenters. The lowest BCUT2D eigenvalue weighted by Gasteiger charge is -2.41. The van der Waals surface area contributed by atoms with Crippen molar-refractivity contribution in [2.24, 2.45) is 0 Å². The van der Waals surface area contributed by atoms with Crippen molar-refractivity contribution in [2.45, 2.75) is 44.3 Å². The summed E-state index contributed by atoms with van der Waals surface area (Å²) in [5, 5.41) is 12.0. The molecule has 3 rings (SSSR count). The molecule has 23 heavy (non-hydrogen) atoms. The number of imidazole rings is 1. The lowest BCUT2D eigenvalue weighted by molar-refractivity contribution is -0.215. The average molecular weight is 323 g/mol. The van der Waals surface area contributed by atoms with Crippen molar-refractivity contribution < 1.29 is 18.7 Å². The third-order valence-electron chi connectivity index (χ3n) is 4.52. The van der Waals surface area contributed by atoms with E-state index >= 15 is 0 Å². The summed E-state index contributed by atoms with van der Waals surface area (Å²) in [6, 6.07) is 7.51. The second-order valence-electron chi connectivity index (χ2n) is 6.01. The average Bonchev–Trinajstić information content (AvgIpc) is 2.80. The van der Waals surface area contributed by atoms with Crippen LogP contribution in [0.3, 0.4) is 0 Å². The lowest BCUT2D eigenvalue weighted by atomic mass is 9.75. The zero-order valence-electron chi connectivity index (χ0n) is 12.9. The largest absolute Gasteiger partial charge is 0.383 e. The number of nitrogens with one attached hydrogen (secondary N) is 1. The van der Waals surface area contributed by atoms with Crippen molar-refractivity contribution in [3.8, 4) is 0 Å². The van der Waals surface area contributed by atoms with Gasteiger partial charge in [0.25, 0.3) is 5.91 Å². The number of amides is 1. The van der Waals surface area contributed by atoms with Crippen molar-refractivity contribution in [3.63, 3.8) is 0 Å². The Morgan fingerprint density at radius 2 is 2.13 bits per heavy atom. The van der Waals surface area contributed by atoms with Crippen molar-refractivity contribution >= 4 is 16.9 Å². The second-order valence-corrected chi connectivity index (χ2v) is 6.01. The molecule has 0 radical (unpaired) electrons. The number of aryl methyl sites for hydroxylation is 1. The minimum atomic E-state index is -3.75. The van der Waals surface area contributed by atoms with E-state index in [9.17, 15) is 18.7 Å². The third-order valence-corrected chi connectivity index (χ3v) is 4.52. The smallest absolute Gasteiger partial charge is 0.352 e. The van der Waals surface area contributed by atoms with Crippen LogP contribution in [0.2, 0.25) is 0 Å². The van der Waals surface area contributed by atoms with Crippen LogP contribution >= 0.6 is 0 Å². The minimum absolute atomic E-state index is 0.0430. The highest BCUT2D eigenvalue weighted by atomic mass is 19.3. The topological polar surface area (TPSA) is 67.2 Å². The van der Waals surface area contributed by atoms with Crippen LogP contribution in [0, 0.1) is 6.92 Å². The highest BCUT2D eigenvalue weighted by molar-refractivity contribution is 5.85. The monoisotopic (exact) mass is 323 g/mol. The lowest BCUT2D eigenvalue weighted by Crippen LogP contribution is -2.60. The Hall–Kier alpha value is -2.02. The molecule has 1 heterocycles. The Bertz CT molecular complexity index is 738. The van der Waals surface area contributed by atoms with Crippen LogP contribution in [-0.4, -0.2) is 38.6 Å². The summed E-state index contributed by atoms with van der Waals surface area (Å²) < 4.78 is 29.8. The summed E-state index contributed by atoms with van der Waals surface area (Å²) >= 11 is 0. The van der Waals surface area contributed by atoms with Gasteiger partial charge in [0.2, 0.25) is 0 Å². The molecule has 1 fully saturated rings. The molecule has 124 valence electrons. The zero-order valence-corrected chi connectivity index (χ0v) is 12.9. The summed E-state index contributed by atoms with van der Waals surface area (Å²) in [4.78, 5) is 16.1. The number of hydrogen-bond acceptors (Lipinski definition) is 3. The van der Waals surface area contributed by atoms with E-state index in [4.69, 9.17) is 0 Å². The van der Waals surface area contributed by atoms with Crippen LogP contribution in [0.15, 0.2) is 24.3 Å². The van der Waals surface area contributed by atoms with Gasteiger partial charge in [-0.1, -0.05) is 12.1 Å². The molecule has 0 aliphatic heterocycles. The quantitative estimate of drug-likeness (QED) is 0.884. The zero-order chi connectivity index (χ0) is 16.7. The first-order chi connectivity index (χ1) is 10.8. The number of carbonyl (C=O) groups is 1. The summed E-state index contributed by atoms with van der Waals surface area (Å²) in [5.41, 5.74) is -0.469. The molecule has 1 aliphatic carbocycles. The molecule has 1 aromatic carbocycles. The fourth-order valence-corrected chi connectivity index (χ4v) is 2.91. The van der Waals surface area contributed by atoms with Gasteiger partial charge in [0.1, 0.15) is 11.4 Å². The molecule has 1 saturated carbocycles. The minimum Gasteiger partial charge on any atom is -0.383 e. The van der Waals surface area contributed by atoms with Gasteiger partial charge >= 0.3 is 5.92 Å². The maximum Gasteiger partial charge on any atom is 0.352 e. The number of benzene rings is 1. The first-order valence-corrected chi connectivity index (χ1v) is 7.65. The number of rotatable bonds is 5. The first kappa shape index (κ1) is 15.9. The summed E-state index contributed by atoms with van der Waals surface area (Å²) in [7, 11) is 0. The Morgan fingerprint density at radius 3 is 2.78 bits per heavy atom.